The number of aliphatic imine (C=N–C) groups is 1. The highest BCUT2D eigenvalue weighted by atomic mass is 127. The maximum absolute atomic E-state index is 5.18. The second kappa shape index (κ2) is 10.8. The summed E-state index contributed by atoms with van der Waals surface area (Å²) in [5.41, 5.74) is 3.21. The molecule has 0 saturated heterocycles. The molecule has 0 aliphatic carbocycles. The Morgan fingerprint density at radius 2 is 1.89 bits per heavy atom. The number of fused-ring (bicyclic) bond motifs is 1. The maximum Gasteiger partial charge on any atom is 0.191 e. The van der Waals surface area contributed by atoms with E-state index in [-0.39, 0.29) is 24.0 Å². The zero-order chi connectivity index (χ0) is 18.2. The fraction of sp³-hybridized carbons (Fsp3) is 0.300. The maximum atomic E-state index is 5.18. The molecular formula is C20H26IN5O. The quantitative estimate of drug-likeness (QED) is 0.276. The number of hydrogen-bond acceptors (Lipinski definition) is 3. The lowest BCUT2D eigenvalue weighted by Crippen LogP contribution is -2.38. The van der Waals surface area contributed by atoms with Crippen LogP contribution in [0.3, 0.4) is 0 Å². The van der Waals surface area contributed by atoms with Gasteiger partial charge in [0.1, 0.15) is 11.6 Å². The van der Waals surface area contributed by atoms with E-state index in [0.717, 1.165) is 53.6 Å². The fourth-order valence-corrected chi connectivity index (χ4v) is 2.67. The van der Waals surface area contributed by atoms with Gasteiger partial charge in [0.2, 0.25) is 0 Å². The molecule has 144 valence electrons. The molecule has 0 fully saturated rings. The molecule has 0 atom stereocenters. The van der Waals surface area contributed by atoms with Gasteiger partial charge in [-0.05, 0) is 36.8 Å². The highest BCUT2D eigenvalue weighted by Crippen LogP contribution is 2.12. The molecular weight excluding hydrogens is 453 g/mol. The number of aromatic nitrogens is 2. The monoisotopic (exact) mass is 479 g/mol. The topological polar surface area (TPSA) is 74.3 Å². The van der Waals surface area contributed by atoms with Crippen LogP contribution in [0.5, 0.6) is 5.75 Å². The van der Waals surface area contributed by atoms with Crippen LogP contribution in [0.15, 0.2) is 53.5 Å². The summed E-state index contributed by atoms with van der Waals surface area (Å²) in [4.78, 5) is 12.6. The number of aromatic amines is 1. The van der Waals surface area contributed by atoms with Crippen LogP contribution in [0, 0.1) is 0 Å². The van der Waals surface area contributed by atoms with Crippen molar-refractivity contribution in [2.24, 2.45) is 4.99 Å². The van der Waals surface area contributed by atoms with Crippen LogP contribution in [0.25, 0.3) is 11.0 Å². The molecule has 7 heteroatoms. The van der Waals surface area contributed by atoms with E-state index < -0.39 is 0 Å². The van der Waals surface area contributed by atoms with Gasteiger partial charge in [0.15, 0.2) is 5.96 Å². The number of nitrogens with one attached hydrogen (secondary N) is 3. The highest BCUT2D eigenvalue weighted by molar-refractivity contribution is 14.0. The normalized spacial score (nSPS) is 11.1. The summed E-state index contributed by atoms with van der Waals surface area (Å²) in [6.45, 7) is 4.25. The molecule has 0 unspecified atom stereocenters. The van der Waals surface area contributed by atoms with E-state index in [1.165, 1.54) is 0 Å². The molecule has 0 bridgehead atoms. The third-order valence-corrected chi connectivity index (χ3v) is 4.02. The molecule has 6 nitrogen and oxygen atoms in total. The average molecular weight is 479 g/mol. The summed E-state index contributed by atoms with van der Waals surface area (Å²) in [5.74, 6) is 2.64. The minimum Gasteiger partial charge on any atom is -0.497 e. The van der Waals surface area contributed by atoms with Gasteiger partial charge in [-0.2, -0.15) is 0 Å². The first-order chi connectivity index (χ1) is 12.8. The Morgan fingerprint density at radius 3 is 2.59 bits per heavy atom. The number of rotatable bonds is 7. The van der Waals surface area contributed by atoms with E-state index in [1.807, 2.05) is 48.5 Å². The smallest absolute Gasteiger partial charge is 0.191 e. The van der Waals surface area contributed by atoms with Crippen LogP contribution in [0.4, 0.5) is 0 Å². The van der Waals surface area contributed by atoms with E-state index in [1.54, 1.807) is 7.11 Å². The van der Waals surface area contributed by atoms with Crippen molar-refractivity contribution in [3.63, 3.8) is 0 Å². The number of H-pyrrole nitrogens is 1. The van der Waals surface area contributed by atoms with Crippen molar-refractivity contribution in [2.75, 3.05) is 20.2 Å². The number of ether oxygens (including phenoxy) is 1. The minimum absolute atomic E-state index is 0. The first-order valence-electron chi connectivity index (χ1n) is 8.87. The fourth-order valence-electron chi connectivity index (χ4n) is 2.67. The summed E-state index contributed by atoms with van der Waals surface area (Å²) in [7, 11) is 1.67. The van der Waals surface area contributed by atoms with Gasteiger partial charge < -0.3 is 20.4 Å². The van der Waals surface area contributed by atoms with Gasteiger partial charge >= 0.3 is 0 Å². The summed E-state index contributed by atoms with van der Waals surface area (Å²) in [5, 5.41) is 6.63. The van der Waals surface area contributed by atoms with Crippen LogP contribution in [-0.4, -0.2) is 36.1 Å². The molecule has 0 radical (unpaired) electrons. The molecule has 0 amide bonds. The van der Waals surface area contributed by atoms with Crippen molar-refractivity contribution in [3.8, 4) is 5.75 Å². The van der Waals surface area contributed by atoms with Gasteiger partial charge in [-0.1, -0.05) is 24.3 Å². The summed E-state index contributed by atoms with van der Waals surface area (Å²) >= 11 is 0. The molecule has 1 aromatic heterocycles. The molecule has 0 aliphatic heterocycles. The lowest BCUT2D eigenvalue weighted by atomic mass is 10.2. The predicted molar refractivity (Wildman–Crippen MR) is 121 cm³/mol. The number of benzene rings is 2. The highest BCUT2D eigenvalue weighted by Gasteiger charge is 2.03. The standard InChI is InChI=1S/C20H25N5O.HI/c1-3-21-20(23-14-15-8-10-16(26-2)11-9-15)22-13-12-19-24-17-6-4-5-7-18(17)25-19;/h4-11H,3,12-14H2,1-2H3,(H,24,25)(H2,21,22,23);1H. The molecule has 3 N–H and O–H groups in total. The Kier molecular flexibility index (Phi) is 8.38. The average Bonchev–Trinajstić information content (AvgIpc) is 3.09. The summed E-state index contributed by atoms with van der Waals surface area (Å²) in [6.07, 6.45) is 0.807. The molecule has 0 saturated carbocycles. The number of methoxy groups -OCH3 is 1. The number of hydrogen-bond donors (Lipinski definition) is 3. The van der Waals surface area contributed by atoms with Crippen molar-refractivity contribution < 1.29 is 4.74 Å². The second-order valence-corrected chi connectivity index (χ2v) is 5.92. The van der Waals surface area contributed by atoms with Gasteiger partial charge in [0.25, 0.3) is 0 Å². The molecule has 3 aromatic rings. The molecule has 0 aliphatic rings. The zero-order valence-corrected chi connectivity index (χ0v) is 18.0. The third-order valence-electron chi connectivity index (χ3n) is 4.02. The lowest BCUT2D eigenvalue weighted by Gasteiger charge is -2.10. The Bertz CT molecular complexity index is 827. The van der Waals surface area contributed by atoms with Crippen LogP contribution in [0.1, 0.15) is 18.3 Å². The molecule has 2 aromatic carbocycles. The van der Waals surface area contributed by atoms with Crippen LogP contribution in [0.2, 0.25) is 0 Å². The summed E-state index contributed by atoms with van der Waals surface area (Å²) in [6, 6.07) is 16.0. The van der Waals surface area contributed by atoms with Crippen LogP contribution >= 0.6 is 24.0 Å². The van der Waals surface area contributed by atoms with Gasteiger partial charge in [-0.15, -0.1) is 24.0 Å². The van der Waals surface area contributed by atoms with Gasteiger partial charge in [-0.3, -0.25) is 0 Å². The minimum atomic E-state index is 0. The second-order valence-electron chi connectivity index (χ2n) is 5.92. The van der Waals surface area contributed by atoms with Crippen molar-refractivity contribution >= 4 is 41.0 Å². The lowest BCUT2D eigenvalue weighted by molar-refractivity contribution is 0.414. The van der Waals surface area contributed by atoms with E-state index in [2.05, 4.69) is 32.5 Å². The molecule has 0 spiro atoms. The van der Waals surface area contributed by atoms with Gasteiger partial charge in [0, 0.05) is 19.5 Å². The Balaban J connectivity index is 0.00000261. The van der Waals surface area contributed by atoms with Gasteiger partial charge in [0.05, 0.1) is 24.7 Å². The zero-order valence-electron chi connectivity index (χ0n) is 15.7. The number of nitrogens with zero attached hydrogens (tertiary/aromatic N) is 2. The number of halogens is 1. The molecule has 27 heavy (non-hydrogen) atoms. The van der Waals surface area contributed by atoms with Crippen LogP contribution < -0.4 is 15.4 Å². The molecule has 1 heterocycles. The Labute approximate surface area is 176 Å². The Hall–Kier alpha value is -2.29. The number of para-hydroxylation sites is 2. The van der Waals surface area contributed by atoms with Crippen LogP contribution in [-0.2, 0) is 13.0 Å². The molecule has 3 rings (SSSR count). The SMILES string of the molecule is CCNC(=NCc1ccc(OC)cc1)NCCc1nc2ccccc2[nH]1.I. The third kappa shape index (κ3) is 6.13. The largest absolute Gasteiger partial charge is 0.497 e. The summed E-state index contributed by atoms with van der Waals surface area (Å²) < 4.78 is 5.18. The predicted octanol–water partition coefficient (Wildman–Crippen LogP) is 3.49. The first kappa shape index (κ1) is 21.0. The van der Waals surface area contributed by atoms with E-state index in [4.69, 9.17) is 4.74 Å². The van der Waals surface area contributed by atoms with Gasteiger partial charge in [-0.25, -0.2) is 9.98 Å². The number of guanidine groups is 1. The van der Waals surface area contributed by atoms with E-state index in [9.17, 15) is 0 Å². The van der Waals surface area contributed by atoms with Crippen molar-refractivity contribution in [3.05, 3.63) is 59.9 Å². The van der Waals surface area contributed by atoms with Crippen molar-refractivity contribution in [2.45, 2.75) is 19.9 Å². The van der Waals surface area contributed by atoms with E-state index in [0.29, 0.717) is 6.54 Å². The van der Waals surface area contributed by atoms with Crippen molar-refractivity contribution in [1.29, 1.82) is 0 Å². The Morgan fingerprint density at radius 1 is 1.11 bits per heavy atom. The number of imidazole rings is 1. The van der Waals surface area contributed by atoms with E-state index >= 15 is 0 Å². The first-order valence-corrected chi connectivity index (χ1v) is 8.87. The van der Waals surface area contributed by atoms with Crippen molar-refractivity contribution in [1.82, 2.24) is 20.6 Å².